The van der Waals surface area contributed by atoms with Gasteiger partial charge >= 0.3 is 13.5 Å². The smallest absolute Gasteiger partial charge is 0.342 e. The molecule has 1 unspecified atom stereocenters. The Kier molecular flexibility index (Phi) is 9.19. The highest BCUT2D eigenvalue weighted by atomic mass is 31.2. The second-order valence-corrected chi connectivity index (χ2v) is 10.7. The number of hydrogen-bond acceptors (Lipinski definition) is 9. The molecule has 0 aliphatic rings. The lowest BCUT2D eigenvalue weighted by molar-refractivity contribution is -0.144. The van der Waals surface area contributed by atoms with Crippen LogP contribution in [-0.2, 0) is 25.4 Å². The summed E-state index contributed by atoms with van der Waals surface area (Å²) in [4.78, 5) is 20.8. The molecule has 39 heavy (non-hydrogen) atoms. The molecule has 0 aliphatic carbocycles. The lowest BCUT2D eigenvalue weighted by atomic mass is 10.1. The van der Waals surface area contributed by atoms with Gasteiger partial charge in [0.15, 0.2) is 0 Å². The molecule has 0 spiro atoms. The molecule has 11 nitrogen and oxygen atoms in total. The van der Waals surface area contributed by atoms with E-state index in [0.717, 1.165) is 22.3 Å². The third-order valence-corrected chi connectivity index (χ3v) is 7.66. The minimum Gasteiger partial charge on any atom is -0.497 e. The van der Waals surface area contributed by atoms with Crippen molar-refractivity contribution in [1.82, 2.24) is 19.6 Å². The molecule has 2 aromatic carbocycles. The highest BCUT2D eigenvalue weighted by Crippen LogP contribution is 2.43. The Morgan fingerprint density at radius 1 is 1.10 bits per heavy atom. The Morgan fingerprint density at radius 2 is 1.85 bits per heavy atom. The van der Waals surface area contributed by atoms with E-state index in [1.165, 1.54) is 6.33 Å². The van der Waals surface area contributed by atoms with Gasteiger partial charge in [-0.05, 0) is 43.7 Å². The van der Waals surface area contributed by atoms with E-state index >= 15 is 0 Å². The maximum Gasteiger partial charge on any atom is 0.342 e. The Bertz CT molecular complexity index is 1440. The van der Waals surface area contributed by atoms with Gasteiger partial charge in [0.2, 0.25) is 0 Å². The van der Waals surface area contributed by atoms with Gasteiger partial charge < -0.3 is 29.0 Å². The molecule has 0 saturated carbocycles. The summed E-state index contributed by atoms with van der Waals surface area (Å²) in [5, 5.41) is 3.50. The number of nitrogens with two attached hydrogens (primary N) is 1. The summed E-state index contributed by atoms with van der Waals surface area (Å²) < 4.78 is 37.5. The number of fused-ring (bicyclic) bond motifs is 1. The maximum absolute atomic E-state index is 13.7. The normalized spacial score (nSPS) is 13.5. The van der Waals surface area contributed by atoms with Crippen LogP contribution in [-0.4, -0.2) is 53.2 Å². The third-order valence-electron chi connectivity index (χ3n) is 5.85. The Morgan fingerprint density at radius 3 is 2.54 bits per heavy atom. The molecule has 4 aromatic rings. The number of aromatic nitrogens is 3. The quantitative estimate of drug-likeness (QED) is 0.138. The first-order chi connectivity index (χ1) is 18.8. The average molecular weight is 554 g/mol. The molecule has 0 amide bonds. The van der Waals surface area contributed by atoms with Gasteiger partial charge in [0.25, 0.3) is 0 Å². The topological polar surface area (TPSA) is 140 Å². The fourth-order valence-corrected chi connectivity index (χ4v) is 5.72. The number of nitrogen functional groups attached to an aromatic ring is 1. The highest BCUT2D eigenvalue weighted by Gasteiger charge is 2.31. The average Bonchev–Trinajstić information content (AvgIpc) is 3.31. The third kappa shape index (κ3) is 6.94. The molecular formula is C27H32N5O6P. The number of benzene rings is 2. The van der Waals surface area contributed by atoms with Crippen LogP contribution in [0.1, 0.15) is 13.8 Å². The second kappa shape index (κ2) is 12.8. The van der Waals surface area contributed by atoms with E-state index in [-0.39, 0.29) is 19.6 Å². The van der Waals surface area contributed by atoms with Crippen molar-refractivity contribution in [3.8, 4) is 22.6 Å². The molecule has 3 N–H and O–H groups in total. The van der Waals surface area contributed by atoms with Gasteiger partial charge in [-0.15, -0.1) is 0 Å². The Labute approximate surface area is 226 Å². The van der Waals surface area contributed by atoms with Gasteiger partial charge in [-0.25, -0.2) is 15.1 Å². The first-order valence-electron chi connectivity index (χ1n) is 12.4. The zero-order chi connectivity index (χ0) is 27.8. The van der Waals surface area contributed by atoms with Crippen molar-refractivity contribution in [2.75, 3.05) is 32.4 Å². The molecule has 0 aliphatic heterocycles. The molecule has 0 saturated heterocycles. The molecular weight excluding hydrogens is 521 g/mol. The molecule has 4 rings (SSSR count). The minimum atomic E-state index is -3.64. The number of nitrogens with zero attached hydrogens (tertiary/aromatic N) is 3. The van der Waals surface area contributed by atoms with Crippen LogP contribution >= 0.6 is 7.52 Å². The van der Waals surface area contributed by atoms with Gasteiger partial charge in [-0.1, -0.05) is 30.3 Å². The van der Waals surface area contributed by atoms with Crippen LogP contribution in [0.4, 0.5) is 5.82 Å². The summed E-state index contributed by atoms with van der Waals surface area (Å²) in [5.41, 5.74) is 8.67. The number of anilines is 1. The largest absolute Gasteiger partial charge is 0.497 e. The second-order valence-electron chi connectivity index (χ2n) is 8.64. The minimum absolute atomic E-state index is 0.188. The summed E-state index contributed by atoms with van der Waals surface area (Å²) in [6.45, 7) is 4.06. The number of nitrogens with one attached hydrogen (secondary N) is 1. The summed E-state index contributed by atoms with van der Waals surface area (Å²) in [7, 11) is -2.03. The first-order valence-corrected chi connectivity index (χ1v) is 14.2. The Hall–Kier alpha value is -3.92. The summed E-state index contributed by atoms with van der Waals surface area (Å²) in [6.07, 6.45) is 3.07. The van der Waals surface area contributed by atoms with Gasteiger partial charge in [0.1, 0.15) is 41.7 Å². The zero-order valence-electron chi connectivity index (χ0n) is 22.1. The molecule has 0 bridgehead atoms. The summed E-state index contributed by atoms with van der Waals surface area (Å²) >= 11 is 0. The number of ether oxygens (including phenoxy) is 3. The molecule has 2 aromatic heterocycles. The van der Waals surface area contributed by atoms with Crippen LogP contribution in [0.15, 0.2) is 67.1 Å². The van der Waals surface area contributed by atoms with Crippen molar-refractivity contribution in [3.05, 3.63) is 67.1 Å². The number of methoxy groups -OCH3 is 1. The highest BCUT2D eigenvalue weighted by molar-refractivity contribution is 7.57. The van der Waals surface area contributed by atoms with E-state index in [0.29, 0.717) is 23.8 Å². The fraction of sp³-hybridized carbons (Fsp3) is 0.296. The van der Waals surface area contributed by atoms with E-state index in [4.69, 9.17) is 24.5 Å². The number of rotatable bonds is 13. The molecule has 12 heteroatoms. The number of hydrogen-bond donors (Lipinski definition) is 2. The number of esters is 1. The lowest BCUT2D eigenvalue weighted by Crippen LogP contribution is -2.35. The van der Waals surface area contributed by atoms with Crippen molar-refractivity contribution in [2.45, 2.75) is 26.4 Å². The standard InChI is InChI=1S/C27H32N5O6P/c1-4-37-27(33)19(2)31-39(34,38-22-8-6-5-7-9-22)18-36-15-14-32-16-23(20-10-12-21(35-3)13-11-20)24-25(28)29-17-30-26(24)32/h5-13,16-17,19H,4,14-15,18H2,1-3H3,(H,31,34)(H2,28,29,30)/t19-,39?/m0/s1. The first kappa shape index (κ1) is 28.1. The van der Waals surface area contributed by atoms with Crippen LogP contribution in [0.25, 0.3) is 22.2 Å². The predicted octanol–water partition coefficient (Wildman–Crippen LogP) is 4.48. The SMILES string of the molecule is CCOC(=O)[C@H](C)NP(=O)(COCCn1cc(-c2ccc(OC)cc2)c2c(N)ncnc21)Oc1ccccc1. The van der Waals surface area contributed by atoms with Gasteiger partial charge in [0.05, 0.1) is 25.7 Å². The van der Waals surface area contributed by atoms with E-state index < -0.39 is 19.5 Å². The van der Waals surface area contributed by atoms with Crippen LogP contribution in [0.3, 0.4) is 0 Å². The summed E-state index contributed by atoms with van der Waals surface area (Å²) in [6, 6.07) is 15.5. The van der Waals surface area contributed by atoms with Gasteiger partial charge in [0, 0.05) is 18.3 Å². The number of carbonyl (C=O) groups is 1. The maximum atomic E-state index is 13.7. The van der Waals surface area contributed by atoms with E-state index in [2.05, 4.69) is 15.1 Å². The van der Waals surface area contributed by atoms with Crippen molar-refractivity contribution in [2.24, 2.45) is 0 Å². The number of para-hydroxylation sites is 1. The van der Waals surface area contributed by atoms with Crippen molar-refractivity contribution < 1.29 is 28.1 Å². The van der Waals surface area contributed by atoms with Crippen LogP contribution in [0.2, 0.25) is 0 Å². The summed E-state index contributed by atoms with van der Waals surface area (Å²) in [5.74, 6) is 0.966. The molecule has 2 atom stereocenters. The zero-order valence-corrected chi connectivity index (χ0v) is 23.0. The van der Waals surface area contributed by atoms with Gasteiger partial charge in [-0.2, -0.15) is 0 Å². The van der Waals surface area contributed by atoms with Crippen molar-refractivity contribution >= 4 is 30.3 Å². The molecule has 206 valence electrons. The predicted molar refractivity (Wildman–Crippen MR) is 149 cm³/mol. The molecule has 2 heterocycles. The van der Waals surface area contributed by atoms with Crippen LogP contribution < -0.4 is 20.1 Å². The fourth-order valence-electron chi connectivity index (χ4n) is 4.01. The Balaban J connectivity index is 1.49. The van der Waals surface area contributed by atoms with Gasteiger partial charge in [-0.3, -0.25) is 9.36 Å². The monoisotopic (exact) mass is 553 g/mol. The van der Waals surface area contributed by atoms with Crippen molar-refractivity contribution in [1.29, 1.82) is 0 Å². The van der Waals surface area contributed by atoms with Crippen LogP contribution in [0, 0.1) is 0 Å². The number of carbonyl (C=O) groups excluding carboxylic acids is 1. The van der Waals surface area contributed by atoms with E-state index in [1.807, 2.05) is 41.1 Å². The van der Waals surface area contributed by atoms with Crippen LogP contribution in [0.5, 0.6) is 11.5 Å². The lowest BCUT2D eigenvalue weighted by Gasteiger charge is -2.23. The van der Waals surface area contributed by atoms with E-state index in [1.54, 1.807) is 45.2 Å². The van der Waals surface area contributed by atoms with E-state index in [9.17, 15) is 9.36 Å². The van der Waals surface area contributed by atoms with Crippen molar-refractivity contribution in [3.63, 3.8) is 0 Å². The molecule has 0 fully saturated rings. The molecule has 0 radical (unpaired) electrons.